The highest BCUT2D eigenvalue weighted by Crippen LogP contribution is 2.07. The second-order valence-electron chi connectivity index (χ2n) is 3.78. The lowest BCUT2D eigenvalue weighted by molar-refractivity contribution is 0.0994. The number of allylic oxidation sites excluding steroid dienone is 3. The zero-order valence-electron chi connectivity index (χ0n) is 9.15. The molecule has 2 heteroatoms. The summed E-state index contributed by atoms with van der Waals surface area (Å²) in [5, 5.41) is 3.14. The molecule has 2 rings (SSSR count). The molecule has 16 heavy (non-hydrogen) atoms. The van der Waals surface area contributed by atoms with Crippen LogP contribution in [0.15, 0.2) is 54.3 Å². The molecule has 0 fully saturated rings. The summed E-state index contributed by atoms with van der Waals surface area (Å²) in [4.78, 5) is 11.8. The summed E-state index contributed by atoms with van der Waals surface area (Å²) in [5.74, 6) is 0.125. The van der Waals surface area contributed by atoms with Gasteiger partial charge in [0, 0.05) is 11.3 Å². The van der Waals surface area contributed by atoms with Crippen LogP contribution in [0.3, 0.4) is 0 Å². The van der Waals surface area contributed by atoms with E-state index in [2.05, 4.69) is 17.5 Å². The molecule has 0 atom stereocenters. The van der Waals surface area contributed by atoms with Crippen LogP contribution in [-0.4, -0.2) is 12.3 Å². The first-order valence-electron chi connectivity index (χ1n) is 5.55. The van der Waals surface area contributed by atoms with Gasteiger partial charge in [-0.05, 0) is 18.9 Å². The van der Waals surface area contributed by atoms with Crippen molar-refractivity contribution in [3.8, 4) is 0 Å². The van der Waals surface area contributed by atoms with E-state index in [1.165, 1.54) is 0 Å². The highest BCUT2D eigenvalue weighted by Gasteiger charge is 2.05. The van der Waals surface area contributed by atoms with Gasteiger partial charge in [0.1, 0.15) is 0 Å². The standard InChI is InChI=1S/C14H15NO/c16-14(12-7-3-1-4-8-12)11-15-13-9-5-2-6-10-13/h1,3-5,7-10,15H,2,6,11H2. The monoisotopic (exact) mass is 213 g/mol. The number of hydrogen-bond acceptors (Lipinski definition) is 2. The Morgan fingerprint density at radius 3 is 2.69 bits per heavy atom. The largest absolute Gasteiger partial charge is 0.378 e. The zero-order chi connectivity index (χ0) is 11.2. The van der Waals surface area contributed by atoms with Gasteiger partial charge in [-0.3, -0.25) is 4.79 Å². The first-order chi connectivity index (χ1) is 7.86. The van der Waals surface area contributed by atoms with Gasteiger partial charge >= 0.3 is 0 Å². The molecule has 0 saturated carbocycles. The third kappa shape index (κ3) is 2.83. The molecule has 2 nitrogen and oxygen atoms in total. The minimum Gasteiger partial charge on any atom is -0.378 e. The molecule has 1 aliphatic rings. The van der Waals surface area contributed by atoms with Crippen LogP contribution in [0.1, 0.15) is 23.2 Å². The molecule has 82 valence electrons. The molecule has 0 spiro atoms. The van der Waals surface area contributed by atoms with Gasteiger partial charge < -0.3 is 5.32 Å². The zero-order valence-corrected chi connectivity index (χ0v) is 9.15. The van der Waals surface area contributed by atoms with E-state index < -0.39 is 0 Å². The first-order valence-corrected chi connectivity index (χ1v) is 5.55. The Morgan fingerprint density at radius 1 is 1.19 bits per heavy atom. The summed E-state index contributed by atoms with van der Waals surface area (Å²) in [7, 11) is 0. The van der Waals surface area contributed by atoms with Crippen molar-refractivity contribution in [2.24, 2.45) is 0 Å². The lowest BCUT2D eigenvalue weighted by Gasteiger charge is -2.09. The van der Waals surface area contributed by atoms with Crippen LogP contribution in [-0.2, 0) is 0 Å². The van der Waals surface area contributed by atoms with Crippen LogP contribution in [0.2, 0.25) is 0 Å². The Hall–Kier alpha value is -1.83. The van der Waals surface area contributed by atoms with Crippen molar-refractivity contribution in [1.29, 1.82) is 0 Å². The Bertz CT molecular complexity index is 418. The summed E-state index contributed by atoms with van der Waals surface area (Å²) in [6, 6.07) is 9.36. The fraction of sp³-hybridized carbons (Fsp3) is 0.214. The maximum Gasteiger partial charge on any atom is 0.181 e. The molecule has 1 aliphatic carbocycles. The third-order valence-corrected chi connectivity index (χ3v) is 2.54. The van der Waals surface area contributed by atoms with Crippen molar-refractivity contribution in [3.05, 3.63) is 59.8 Å². The Kier molecular flexibility index (Phi) is 3.54. The summed E-state index contributed by atoms with van der Waals surface area (Å²) in [5.41, 5.74) is 1.81. The van der Waals surface area contributed by atoms with Crippen LogP contribution < -0.4 is 5.32 Å². The normalized spacial score (nSPS) is 14.4. The van der Waals surface area contributed by atoms with Gasteiger partial charge in [-0.15, -0.1) is 0 Å². The first kappa shape index (κ1) is 10.7. The van der Waals surface area contributed by atoms with Gasteiger partial charge in [0.2, 0.25) is 0 Å². The Morgan fingerprint density at radius 2 is 2.00 bits per heavy atom. The molecular formula is C14H15NO. The number of rotatable bonds is 4. The van der Waals surface area contributed by atoms with Crippen molar-refractivity contribution in [2.45, 2.75) is 12.8 Å². The minimum atomic E-state index is 0.125. The lowest BCUT2D eigenvalue weighted by Crippen LogP contribution is -2.22. The molecule has 1 aromatic carbocycles. The Labute approximate surface area is 95.7 Å². The molecule has 0 amide bonds. The smallest absolute Gasteiger partial charge is 0.181 e. The van der Waals surface area contributed by atoms with Gasteiger partial charge in [-0.25, -0.2) is 0 Å². The molecule has 1 N–H and O–H groups in total. The highest BCUT2D eigenvalue weighted by atomic mass is 16.1. The number of Topliss-reactive ketones (excluding diaryl/α,β-unsaturated/α-hetero) is 1. The van der Waals surface area contributed by atoms with E-state index in [4.69, 9.17) is 0 Å². The van der Waals surface area contributed by atoms with Crippen LogP contribution in [0.25, 0.3) is 0 Å². The molecule has 0 unspecified atom stereocenters. The van der Waals surface area contributed by atoms with E-state index in [9.17, 15) is 4.79 Å². The van der Waals surface area contributed by atoms with Crippen molar-refractivity contribution < 1.29 is 4.79 Å². The summed E-state index contributed by atoms with van der Waals surface area (Å²) in [6.07, 6.45) is 8.42. The number of carbonyl (C=O) groups is 1. The van der Waals surface area contributed by atoms with E-state index in [0.29, 0.717) is 6.54 Å². The topological polar surface area (TPSA) is 29.1 Å². The molecule has 0 aliphatic heterocycles. The summed E-state index contributed by atoms with van der Waals surface area (Å²) in [6.45, 7) is 0.361. The molecule has 0 radical (unpaired) electrons. The second kappa shape index (κ2) is 5.31. The average Bonchev–Trinajstić information content (AvgIpc) is 2.38. The van der Waals surface area contributed by atoms with Crippen LogP contribution >= 0.6 is 0 Å². The summed E-state index contributed by atoms with van der Waals surface area (Å²) < 4.78 is 0. The van der Waals surface area contributed by atoms with E-state index in [1.807, 2.05) is 36.4 Å². The lowest BCUT2D eigenvalue weighted by atomic mass is 10.1. The van der Waals surface area contributed by atoms with Crippen LogP contribution in [0.5, 0.6) is 0 Å². The third-order valence-electron chi connectivity index (χ3n) is 2.54. The number of nitrogens with one attached hydrogen (secondary N) is 1. The quantitative estimate of drug-likeness (QED) is 0.779. The average molecular weight is 213 g/mol. The van der Waals surface area contributed by atoms with E-state index in [1.54, 1.807) is 0 Å². The maximum absolute atomic E-state index is 11.8. The fourth-order valence-corrected chi connectivity index (χ4v) is 1.65. The SMILES string of the molecule is O=C(CNC1=CCCC=C1)c1ccccc1. The van der Waals surface area contributed by atoms with E-state index in [-0.39, 0.29) is 5.78 Å². The predicted octanol–water partition coefficient (Wildman–Crippen LogP) is 2.69. The van der Waals surface area contributed by atoms with Crippen LogP contribution in [0, 0.1) is 0 Å². The Balaban J connectivity index is 1.89. The van der Waals surface area contributed by atoms with Gasteiger partial charge in [-0.2, -0.15) is 0 Å². The van der Waals surface area contributed by atoms with Crippen LogP contribution in [0.4, 0.5) is 0 Å². The van der Waals surface area contributed by atoms with Gasteiger partial charge in [0.05, 0.1) is 6.54 Å². The number of benzene rings is 1. The number of carbonyl (C=O) groups excluding carboxylic acids is 1. The summed E-state index contributed by atoms with van der Waals surface area (Å²) >= 11 is 0. The van der Waals surface area contributed by atoms with Crippen molar-refractivity contribution in [3.63, 3.8) is 0 Å². The molecular weight excluding hydrogens is 198 g/mol. The molecule has 0 aromatic heterocycles. The van der Waals surface area contributed by atoms with Gasteiger partial charge in [0.25, 0.3) is 0 Å². The highest BCUT2D eigenvalue weighted by molar-refractivity contribution is 5.97. The fourth-order valence-electron chi connectivity index (χ4n) is 1.65. The maximum atomic E-state index is 11.8. The second-order valence-corrected chi connectivity index (χ2v) is 3.78. The number of hydrogen-bond donors (Lipinski definition) is 1. The molecule has 0 saturated heterocycles. The van der Waals surface area contributed by atoms with Crippen molar-refractivity contribution in [1.82, 2.24) is 5.32 Å². The van der Waals surface area contributed by atoms with Crippen molar-refractivity contribution in [2.75, 3.05) is 6.54 Å². The number of ketones is 1. The minimum absolute atomic E-state index is 0.125. The van der Waals surface area contributed by atoms with E-state index in [0.717, 1.165) is 24.1 Å². The molecule has 0 heterocycles. The molecule has 1 aromatic rings. The van der Waals surface area contributed by atoms with Gasteiger partial charge in [-0.1, -0.05) is 42.5 Å². The predicted molar refractivity (Wildman–Crippen MR) is 65.2 cm³/mol. The van der Waals surface area contributed by atoms with E-state index >= 15 is 0 Å². The van der Waals surface area contributed by atoms with Gasteiger partial charge in [0.15, 0.2) is 5.78 Å². The van der Waals surface area contributed by atoms with Crippen molar-refractivity contribution >= 4 is 5.78 Å². The molecule has 0 bridgehead atoms.